The van der Waals surface area contributed by atoms with Crippen LogP contribution in [0.3, 0.4) is 0 Å². The monoisotopic (exact) mass is 162 g/mol. The Bertz CT molecular complexity index is 260. The highest BCUT2D eigenvalue weighted by Crippen LogP contribution is 2.00. The Morgan fingerprint density at radius 3 is 2.42 bits per heavy atom. The van der Waals surface area contributed by atoms with Gasteiger partial charge in [-0.1, -0.05) is 0 Å². The lowest BCUT2D eigenvalue weighted by molar-refractivity contribution is 0.267. The first-order valence-corrected chi connectivity index (χ1v) is 3.54. The van der Waals surface area contributed by atoms with Crippen molar-refractivity contribution in [3.63, 3.8) is 0 Å². The summed E-state index contributed by atoms with van der Waals surface area (Å²) in [5.74, 6) is 0. The summed E-state index contributed by atoms with van der Waals surface area (Å²) in [6, 6.07) is 3.53. The quantitative estimate of drug-likeness (QED) is 0.362. The average Bonchev–Trinajstić information content (AvgIpc) is 2.10. The normalized spacial score (nSPS) is 9.50. The van der Waals surface area contributed by atoms with Gasteiger partial charge in [0.25, 0.3) is 0 Å². The number of rotatable bonds is 3. The Morgan fingerprint density at radius 2 is 2.00 bits per heavy atom. The van der Waals surface area contributed by atoms with Gasteiger partial charge in [0.15, 0.2) is 0 Å². The van der Waals surface area contributed by atoms with Crippen LogP contribution in [0.2, 0.25) is 0 Å². The molecule has 0 aromatic heterocycles. The van der Waals surface area contributed by atoms with E-state index in [0.717, 1.165) is 5.57 Å². The molecule has 0 aromatic rings. The summed E-state index contributed by atoms with van der Waals surface area (Å²) < 4.78 is 4.96. The van der Waals surface area contributed by atoms with Crippen LogP contribution in [0.5, 0.6) is 0 Å². The van der Waals surface area contributed by atoms with Gasteiger partial charge in [-0.3, -0.25) is 0 Å². The Hall–Kier alpha value is -1.74. The van der Waals surface area contributed by atoms with Crippen molar-refractivity contribution in [1.29, 1.82) is 10.5 Å². The molecule has 0 heterocycles. The van der Waals surface area contributed by atoms with Gasteiger partial charge in [-0.15, -0.1) is 0 Å². The van der Waals surface area contributed by atoms with Gasteiger partial charge >= 0.3 is 0 Å². The third-order valence-electron chi connectivity index (χ3n) is 1.05. The van der Waals surface area contributed by atoms with Crippen LogP contribution in [0.1, 0.15) is 13.8 Å². The molecule has 0 rings (SSSR count). The molecule has 0 atom stereocenters. The molecule has 0 aromatic carbocycles. The first-order chi connectivity index (χ1) is 5.74. The second-order valence-electron chi connectivity index (χ2n) is 2.10. The molecule has 0 radical (unpaired) electrons. The molecule has 0 aliphatic carbocycles. The molecular weight excluding hydrogens is 152 g/mol. The molecular formula is C9H10N2O. The van der Waals surface area contributed by atoms with E-state index in [1.165, 1.54) is 12.3 Å². The summed E-state index contributed by atoms with van der Waals surface area (Å²) in [4.78, 5) is 0. The predicted octanol–water partition coefficient (Wildman–Crippen LogP) is 1.90. The van der Waals surface area contributed by atoms with Gasteiger partial charge in [-0.05, 0) is 25.5 Å². The minimum absolute atomic E-state index is 0.0865. The summed E-state index contributed by atoms with van der Waals surface area (Å²) >= 11 is 0. The number of ether oxygens (including phenoxy) is 1. The van der Waals surface area contributed by atoms with Crippen LogP contribution in [0.25, 0.3) is 0 Å². The third-order valence-corrected chi connectivity index (χ3v) is 1.05. The molecule has 0 bridgehead atoms. The van der Waals surface area contributed by atoms with Crippen LogP contribution in [0.4, 0.5) is 0 Å². The summed E-state index contributed by atoms with van der Waals surface area (Å²) in [5.41, 5.74) is 0.846. The van der Waals surface area contributed by atoms with E-state index in [1.54, 1.807) is 19.1 Å². The van der Waals surface area contributed by atoms with Crippen LogP contribution < -0.4 is 0 Å². The standard InChI is InChI=1S/C9H10N2O/c1-3-12-7-8(2)4-9(5-10)6-11/h4,7H,3H2,1-2H3/b8-7+. The lowest BCUT2D eigenvalue weighted by Crippen LogP contribution is -1.81. The zero-order valence-electron chi connectivity index (χ0n) is 7.16. The minimum atomic E-state index is 0.0865. The van der Waals surface area contributed by atoms with Gasteiger partial charge in [0.05, 0.1) is 12.9 Å². The van der Waals surface area contributed by atoms with E-state index in [1.807, 2.05) is 6.92 Å². The fourth-order valence-electron chi connectivity index (χ4n) is 0.566. The van der Waals surface area contributed by atoms with Gasteiger partial charge in [0.2, 0.25) is 0 Å². The summed E-state index contributed by atoms with van der Waals surface area (Å²) in [6.07, 6.45) is 3.00. The Morgan fingerprint density at radius 1 is 1.42 bits per heavy atom. The zero-order chi connectivity index (χ0) is 9.40. The Kier molecular flexibility index (Phi) is 5.13. The van der Waals surface area contributed by atoms with E-state index >= 15 is 0 Å². The average molecular weight is 162 g/mol. The summed E-state index contributed by atoms with van der Waals surface area (Å²) in [6.45, 7) is 4.22. The highest BCUT2D eigenvalue weighted by Gasteiger charge is 1.91. The molecule has 0 N–H and O–H groups in total. The van der Waals surface area contributed by atoms with Crippen LogP contribution in [-0.4, -0.2) is 6.61 Å². The molecule has 0 aliphatic rings. The van der Waals surface area contributed by atoms with Crippen molar-refractivity contribution in [3.8, 4) is 12.1 Å². The lowest BCUT2D eigenvalue weighted by Gasteiger charge is -1.94. The van der Waals surface area contributed by atoms with Crippen molar-refractivity contribution in [3.05, 3.63) is 23.5 Å². The first-order valence-electron chi connectivity index (χ1n) is 3.54. The number of nitrogens with zero attached hydrogens (tertiary/aromatic N) is 2. The van der Waals surface area contributed by atoms with Crippen molar-refractivity contribution in [2.75, 3.05) is 6.61 Å². The van der Waals surface area contributed by atoms with E-state index in [2.05, 4.69) is 0 Å². The van der Waals surface area contributed by atoms with Gasteiger partial charge in [0, 0.05) is 0 Å². The Balaban J connectivity index is 4.35. The second kappa shape index (κ2) is 6.00. The molecule has 0 saturated heterocycles. The van der Waals surface area contributed by atoms with Crippen molar-refractivity contribution in [2.24, 2.45) is 0 Å². The van der Waals surface area contributed by atoms with E-state index in [-0.39, 0.29) is 5.57 Å². The molecule has 0 aliphatic heterocycles. The molecule has 0 amide bonds. The first kappa shape index (κ1) is 10.3. The number of hydrogen-bond donors (Lipinski definition) is 0. The van der Waals surface area contributed by atoms with Crippen LogP contribution in [-0.2, 0) is 4.74 Å². The fourth-order valence-corrected chi connectivity index (χ4v) is 0.566. The molecule has 0 fully saturated rings. The fraction of sp³-hybridized carbons (Fsp3) is 0.333. The summed E-state index contributed by atoms with van der Waals surface area (Å²) in [5, 5.41) is 16.8. The largest absolute Gasteiger partial charge is 0.501 e. The molecule has 3 nitrogen and oxygen atoms in total. The van der Waals surface area contributed by atoms with Crippen molar-refractivity contribution in [1.82, 2.24) is 0 Å². The van der Waals surface area contributed by atoms with E-state index in [0.29, 0.717) is 6.61 Å². The van der Waals surface area contributed by atoms with Crippen LogP contribution in [0, 0.1) is 22.7 Å². The molecule has 0 saturated carbocycles. The molecule has 3 heteroatoms. The van der Waals surface area contributed by atoms with Gasteiger partial charge in [0.1, 0.15) is 17.7 Å². The van der Waals surface area contributed by atoms with E-state index in [4.69, 9.17) is 15.3 Å². The van der Waals surface area contributed by atoms with Crippen molar-refractivity contribution in [2.45, 2.75) is 13.8 Å². The van der Waals surface area contributed by atoms with Crippen molar-refractivity contribution >= 4 is 0 Å². The summed E-state index contributed by atoms with van der Waals surface area (Å²) in [7, 11) is 0. The van der Waals surface area contributed by atoms with Crippen LogP contribution >= 0.6 is 0 Å². The molecule has 12 heavy (non-hydrogen) atoms. The highest BCUT2D eigenvalue weighted by molar-refractivity contribution is 5.40. The highest BCUT2D eigenvalue weighted by atomic mass is 16.5. The molecule has 0 spiro atoms. The maximum absolute atomic E-state index is 8.39. The van der Waals surface area contributed by atoms with Gasteiger partial charge < -0.3 is 4.74 Å². The zero-order valence-corrected chi connectivity index (χ0v) is 7.16. The lowest BCUT2D eigenvalue weighted by atomic mass is 10.2. The Labute approximate surface area is 72.2 Å². The SMILES string of the molecule is CCO/C=C(\C)C=C(C#N)C#N. The maximum atomic E-state index is 8.39. The minimum Gasteiger partial charge on any atom is -0.501 e. The smallest absolute Gasteiger partial charge is 0.130 e. The van der Waals surface area contributed by atoms with Crippen LogP contribution in [0.15, 0.2) is 23.5 Å². The second-order valence-corrected chi connectivity index (χ2v) is 2.10. The van der Waals surface area contributed by atoms with Crippen molar-refractivity contribution < 1.29 is 4.74 Å². The van der Waals surface area contributed by atoms with Gasteiger partial charge in [-0.25, -0.2) is 0 Å². The number of allylic oxidation sites excluding steroid dienone is 3. The number of nitriles is 2. The predicted molar refractivity (Wildman–Crippen MR) is 44.7 cm³/mol. The third kappa shape index (κ3) is 4.14. The van der Waals surface area contributed by atoms with Gasteiger partial charge in [-0.2, -0.15) is 10.5 Å². The molecule has 62 valence electrons. The molecule has 0 unspecified atom stereocenters. The topological polar surface area (TPSA) is 56.8 Å². The van der Waals surface area contributed by atoms with E-state index in [9.17, 15) is 0 Å². The maximum Gasteiger partial charge on any atom is 0.130 e. The number of hydrogen-bond acceptors (Lipinski definition) is 3. The van der Waals surface area contributed by atoms with E-state index < -0.39 is 0 Å².